The zero-order valence-electron chi connectivity index (χ0n) is 22.5. The summed E-state index contributed by atoms with van der Waals surface area (Å²) in [6.45, 7) is 4.77. The highest BCUT2D eigenvalue weighted by Crippen LogP contribution is 2.19. The SMILES string of the molecule is CC(=O)N[C@@H](Cc1ccc(O)cc1)C(=O)N[C@H](C(=O)N([C@H](C=O)CC(=O)O)[C@@H](CCCCN)C(N)=O)C(C)C. The van der Waals surface area contributed by atoms with E-state index in [9.17, 15) is 39.0 Å². The predicted octanol–water partition coefficient (Wildman–Crippen LogP) is -0.566. The summed E-state index contributed by atoms with van der Waals surface area (Å²) in [4.78, 5) is 75.6. The van der Waals surface area contributed by atoms with Crippen molar-refractivity contribution in [2.24, 2.45) is 17.4 Å². The molecular weight excluding hydrogens is 510 g/mol. The van der Waals surface area contributed by atoms with Crippen molar-refractivity contribution in [3.63, 3.8) is 0 Å². The second kappa shape index (κ2) is 16.1. The highest BCUT2D eigenvalue weighted by molar-refractivity contribution is 5.95. The Bertz CT molecular complexity index is 1010. The molecule has 1 aromatic rings. The number of carbonyl (C=O) groups is 6. The van der Waals surface area contributed by atoms with Gasteiger partial charge in [0.1, 0.15) is 30.2 Å². The van der Waals surface area contributed by atoms with Crippen molar-refractivity contribution in [2.75, 3.05) is 6.54 Å². The molecule has 0 aromatic heterocycles. The number of hydrogen-bond donors (Lipinski definition) is 6. The zero-order chi connectivity index (χ0) is 29.7. The number of carbonyl (C=O) groups excluding carboxylic acids is 5. The molecular formula is C26H39N5O8. The monoisotopic (exact) mass is 549 g/mol. The minimum Gasteiger partial charge on any atom is -0.508 e. The van der Waals surface area contributed by atoms with Gasteiger partial charge in [-0.15, -0.1) is 0 Å². The van der Waals surface area contributed by atoms with Gasteiger partial charge in [0.25, 0.3) is 0 Å². The number of hydrogen-bond acceptors (Lipinski definition) is 8. The van der Waals surface area contributed by atoms with Crippen LogP contribution < -0.4 is 22.1 Å². The van der Waals surface area contributed by atoms with Crippen molar-refractivity contribution in [2.45, 2.75) is 77.0 Å². The average molecular weight is 550 g/mol. The van der Waals surface area contributed by atoms with Crippen molar-refractivity contribution in [1.29, 1.82) is 0 Å². The minimum absolute atomic E-state index is 0.0198. The first-order valence-electron chi connectivity index (χ1n) is 12.7. The number of unbranched alkanes of at least 4 members (excludes halogenated alkanes) is 1. The standard InChI is InChI=1S/C26H39N5O8/c1-15(2)23(30-25(38)20(29-16(3)33)12-17-7-9-19(34)10-8-17)26(39)31(18(14-32)13-22(35)36)21(24(28)37)6-4-5-11-27/h7-10,14-15,18,20-21,23,34H,4-6,11-13,27H2,1-3H3,(H2,28,37)(H,29,33)(H,30,38)(H,35,36)/t18-,20-,21-,23-/m0/s1. The summed E-state index contributed by atoms with van der Waals surface area (Å²) in [5.74, 6) is -4.94. The van der Waals surface area contributed by atoms with Crippen LogP contribution in [0, 0.1) is 5.92 Å². The van der Waals surface area contributed by atoms with Gasteiger partial charge in [0, 0.05) is 13.3 Å². The summed E-state index contributed by atoms with van der Waals surface area (Å²) < 4.78 is 0. The number of phenols is 1. The van der Waals surface area contributed by atoms with E-state index < -0.39 is 66.1 Å². The van der Waals surface area contributed by atoms with Gasteiger partial charge in [-0.3, -0.25) is 24.0 Å². The molecule has 8 N–H and O–H groups in total. The number of aromatic hydroxyl groups is 1. The largest absolute Gasteiger partial charge is 0.508 e. The van der Waals surface area contributed by atoms with Crippen LogP contribution >= 0.6 is 0 Å². The zero-order valence-corrected chi connectivity index (χ0v) is 22.5. The van der Waals surface area contributed by atoms with Gasteiger partial charge < -0.3 is 42.0 Å². The number of carboxylic acid groups (broad SMARTS) is 1. The Morgan fingerprint density at radius 3 is 2.13 bits per heavy atom. The van der Waals surface area contributed by atoms with E-state index in [2.05, 4.69) is 10.6 Å². The Kier molecular flexibility index (Phi) is 13.6. The lowest BCUT2D eigenvalue weighted by atomic mass is 9.96. The quantitative estimate of drug-likeness (QED) is 0.108. The molecule has 0 spiro atoms. The minimum atomic E-state index is -1.52. The molecule has 39 heavy (non-hydrogen) atoms. The number of primary amides is 1. The van der Waals surface area contributed by atoms with Crippen LogP contribution in [0.4, 0.5) is 0 Å². The van der Waals surface area contributed by atoms with Gasteiger partial charge in [-0.1, -0.05) is 26.0 Å². The number of nitrogens with one attached hydrogen (secondary N) is 2. The number of benzene rings is 1. The van der Waals surface area contributed by atoms with Crippen LogP contribution in [-0.4, -0.2) is 81.7 Å². The molecule has 0 fully saturated rings. The molecule has 4 atom stereocenters. The van der Waals surface area contributed by atoms with Crippen molar-refractivity contribution >= 4 is 35.9 Å². The normalized spacial score (nSPS) is 14.0. The van der Waals surface area contributed by atoms with E-state index in [-0.39, 0.29) is 24.9 Å². The summed E-state index contributed by atoms with van der Waals surface area (Å²) in [6, 6.07) is 0.757. The van der Waals surface area contributed by atoms with Gasteiger partial charge in [-0.25, -0.2) is 0 Å². The Morgan fingerprint density at radius 1 is 1.05 bits per heavy atom. The number of phenolic OH excluding ortho intramolecular Hbond substituents is 1. The second-order valence-corrected chi connectivity index (χ2v) is 9.60. The molecule has 0 aliphatic rings. The number of aliphatic carboxylic acids is 1. The molecule has 0 bridgehead atoms. The summed E-state index contributed by atoms with van der Waals surface area (Å²) in [5.41, 5.74) is 11.7. The first kappa shape index (κ1) is 33.0. The Morgan fingerprint density at radius 2 is 1.67 bits per heavy atom. The van der Waals surface area contributed by atoms with Gasteiger partial charge >= 0.3 is 5.97 Å². The van der Waals surface area contributed by atoms with E-state index in [4.69, 9.17) is 11.5 Å². The number of nitrogens with two attached hydrogens (primary N) is 2. The van der Waals surface area contributed by atoms with Crippen LogP contribution in [0.3, 0.4) is 0 Å². The molecule has 0 heterocycles. The molecule has 216 valence electrons. The van der Waals surface area contributed by atoms with Crippen LogP contribution in [0.25, 0.3) is 0 Å². The molecule has 13 nitrogen and oxygen atoms in total. The Labute approximate surface area is 227 Å². The smallest absolute Gasteiger partial charge is 0.305 e. The molecule has 1 aromatic carbocycles. The first-order chi connectivity index (χ1) is 18.3. The number of carboxylic acids is 1. The third kappa shape index (κ3) is 10.7. The van der Waals surface area contributed by atoms with Gasteiger partial charge in [-0.2, -0.15) is 0 Å². The van der Waals surface area contributed by atoms with E-state index in [1.807, 2.05) is 0 Å². The van der Waals surface area contributed by atoms with Gasteiger partial charge in [0.2, 0.25) is 23.6 Å². The molecule has 0 saturated carbocycles. The van der Waals surface area contributed by atoms with Crippen LogP contribution in [0.1, 0.15) is 52.0 Å². The molecule has 0 saturated heterocycles. The second-order valence-electron chi connectivity index (χ2n) is 9.60. The van der Waals surface area contributed by atoms with Crippen LogP contribution in [0.2, 0.25) is 0 Å². The predicted molar refractivity (Wildman–Crippen MR) is 141 cm³/mol. The van der Waals surface area contributed by atoms with Crippen molar-refractivity contribution in [1.82, 2.24) is 15.5 Å². The third-order valence-corrected chi connectivity index (χ3v) is 6.05. The fourth-order valence-corrected chi connectivity index (χ4v) is 4.09. The van der Waals surface area contributed by atoms with Crippen LogP contribution in [0.5, 0.6) is 5.75 Å². The van der Waals surface area contributed by atoms with E-state index in [1.54, 1.807) is 26.0 Å². The fraction of sp³-hybridized carbons (Fsp3) is 0.538. The number of amides is 4. The number of nitrogens with zero attached hydrogens (tertiary/aromatic N) is 1. The lowest BCUT2D eigenvalue weighted by Crippen LogP contribution is -2.62. The number of aldehydes is 1. The van der Waals surface area contributed by atoms with Crippen molar-refractivity contribution in [3.8, 4) is 5.75 Å². The van der Waals surface area contributed by atoms with Gasteiger partial charge in [0.05, 0.1) is 12.5 Å². The number of rotatable bonds is 17. The van der Waals surface area contributed by atoms with Crippen molar-refractivity contribution < 1.29 is 39.0 Å². The maximum absolute atomic E-state index is 13.8. The summed E-state index contributed by atoms with van der Waals surface area (Å²) in [7, 11) is 0. The Hall–Kier alpha value is -4.00. The summed E-state index contributed by atoms with van der Waals surface area (Å²) >= 11 is 0. The maximum Gasteiger partial charge on any atom is 0.305 e. The molecule has 0 aliphatic carbocycles. The molecule has 0 aliphatic heterocycles. The fourth-order valence-electron chi connectivity index (χ4n) is 4.09. The third-order valence-electron chi connectivity index (χ3n) is 6.05. The lowest BCUT2D eigenvalue weighted by molar-refractivity contribution is -0.151. The molecule has 0 radical (unpaired) electrons. The average Bonchev–Trinajstić information content (AvgIpc) is 2.85. The van der Waals surface area contributed by atoms with E-state index in [0.29, 0.717) is 24.9 Å². The van der Waals surface area contributed by atoms with E-state index >= 15 is 0 Å². The Balaban J connectivity index is 3.39. The molecule has 4 amide bonds. The lowest BCUT2D eigenvalue weighted by Gasteiger charge is -2.37. The molecule has 0 unspecified atom stereocenters. The van der Waals surface area contributed by atoms with Gasteiger partial charge in [0.15, 0.2) is 0 Å². The highest BCUT2D eigenvalue weighted by Gasteiger charge is 2.40. The first-order valence-corrected chi connectivity index (χ1v) is 12.7. The van der Waals surface area contributed by atoms with Crippen molar-refractivity contribution in [3.05, 3.63) is 29.8 Å². The van der Waals surface area contributed by atoms with Crippen LogP contribution in [-0.2, 0) is 35.2 Å². The molecule has 1 rings (SSSR count). The maximum atomic E-state index is 13.8. The van der Waals surface area contributed by atoms with E-state index in [0.717, 1.165) is 4.90 Å². The highest BCUT2D eigenvalue weighted by atomic mass is 16.4. The van der Waals surface area contributed by atoms with E-state index in [1.165, 1.54) is 19.1 Å². The van der Waals surface area contributed by atoms with Crippen LogP contribution in [0.15, 0.2) is 24.3 Å². The summed E-state index contributed by atoms with van der Waals surface area (Å²) in [5, 5.41) is 24.0. The molecule has 13 heteroatoms. The topological polar surface area (TPSA) is 222 Å². The van der Waals surface area contributed by atoms with Gasteiger partial charge in [-0.05, 0) is 49.4 Å². The summed E-state index contributed by atoms with van der Waals surface area (Å²) in [6.07, 6.45) is 0.432.